The van der Waals surface area contributed by atoms with Crippen molar-refractivity contribution in [2.75, 3.05) is 14.1 Å². The van der Waals surface area contributed by atoms with Crippen molar-refractivity contribution in [3.05, 3.63) is 90.0 Å². The molecule has 3 aromatic carbocycles. The fourth-order valence-corrected chi connectivity index (χ4v) is 4.35. The van der Waals surface area contributed by atoms with Gasteiger partial charge in [-0.15, -0.1) is 0 Å². The average Bonchev–Trinajstić information content (AvgIpc) is 2.74. The number of amides is 1. The van der Waals surface area contributed by atoms with Crippen molar-refractivity contribution in [2.24, 2.45) is 0 Å². The summed E-state index contributed by atoms with van der Waals surface area (Å²) < 4.78 is 28.2. The standard InChI is InChI=1S/C24H26N2O3S/c1-18-9-15-22(16-10-18)30(28,29)25-23(24(27)26(2)3)17-19-11-13-21(14-12-19)20-7-5-4-6-8-20/h4-16,23,25H,17H2,1-3H3. The second-order valence-corrected chi connectivity index (χ2v) is 9.20. The summed E-state index contributed by atoms with van der Waals surface area (Å²) in [5.74, 6) is -0.294. The van der Waals surface area contributed by atoms with E-state index < -0.39 is 16.1 Å². The topological polar surface area (TPSA) is 66.5 Å². The third-order valence-electron chi connectivity index (χ3n) is 4.87. The van der Waals surface area contributed by atoms with Crippen molar-refractivity contribution < 1.29 is 13.2 Å². The average molecular weight is 423 g/mol. The van der Waals surface area contributed by atoms with E-state index >= 15 is 0 Å². The molecule has 0 bridgehead atoms. The number of nitrogens with one attached hydrogen (secondary N) is 1. The number of carbonyl (C=O) groups is 1. The zero-order valence-corrected chi connectivity index (χ0v) is 18.2. The van der Waals surface area contributed by atoms with Gasteiger partial charge in [0.25, 0.3) is 0 Å². The molecule has 0 aliphatic heterocycles. The fraction of sp³-hybridized carbons (Fsp3) is 0.208. The molecule has 0 spiro atoms. The lowest BCUT2D eigenvalue weighted by atomic mass is 10.0. The minimum atomic E-state index is -3.82. The zero-order valence-electron chi connectivity index (χ0n) is 17.4. The van der Waals surface area contributed by atoms with Crippen LogP contribution in [0, 0.1) is 6.92 Å². The zero-order chi connectivity index (χ0) is 21.7. The Balaban J connectivity index is 1.82. The lowest BCUT2D eigenvalue weighted by molar-refractivity contribution is -0.130. The van der Waals surface area contributed by atoms with Crippen molar-refractivity contribution in [2.45, 2.75) is 24.3 Å². The number of likely N-dealkylation sites (N-methyl/N-ethyl adjacent to an activating group) is 1. The smallest absolute Gasteiger partial charge is 0.241 e. The van der Waals surface area contributed by atoms with E-state index in [2.05, 4.69) is 4.72 Å². The Morgan fingerprint density at radius 2 is 1.43 bits per heavy atom. The maximum absolute atomic E-state index is 12.8. The summed E-state index contributed by atoms with van der Waals surface area (Å²) in [4.78, 5) is 14.2. The van der Waals surface area contributed by atoms with Gasteiger partial charge in [0.2, 0.25) is 15.9 Å². The van der Waals surface area contributed by atoms with E-state index in [9.17, 15) is 13.2 Å². The molecule has 156 valence electrons. The summed E-state index contributed by atoms with van der Waals surface area (Å²) in [5, 5.41) is 0. The quantitative estimate of drug-likeness (QED) is 0.632. The van der Waals surface area contributed by atoms with E-state index in [1.165, 1.54) is 4.90 Å². The molecule has 0 saturated heterocycles. The highest BCUT2D eigenvalue weighted by Crippen LogP contribution is 2.20. The second kappa shape index (κ2) is 9.24. The number of aryl methyl sites for hydroxylation is 1. The number of rotatable bonds is 7. The second-order valence-electron chi connectivity index (χ2n) is 7.49. The molecule has 1 atom stereocenters. The molecule has 5 nitrogen and oxygen atoms in total. The predicted molar refractivity (Wildman–Crippen MR) is 120 cm³/mol. The number of nitrogens with zero attached hydrogens (tertiary/aromatic N) is 1. The predicted octanol–water partition coefficient (Wildman–Crippen LogP) is 3.64. The van der Waals surface area contributed by atoms with E-state index in [0.29, 0.717) is 0 Å². The number of carbonyl (C=O) groups excluding carboxylic acids is 1. The minimum Gasteiger partial charge on any atom is -0.347 e. The van der Waals surface area contributed by atoms with Crippen LogP contribution in [-0.4, -0.2) is 39.4 Å². The van der Waals surface area contributed by atoms with Crippen LogP contribution < -0.4 is 4.72 Å². The van der Waals surface area contributed by atoms with Crippen LogP contribution in [0.5, 0.6) is 0 Å². The Labute approximate surface area is 178 Å². The lowest BCUT2D eigenvalue weighted by Crippen LogP contribution is -2.47. The number of sulfonamides is 1. The van der Waals surface area contributed by atoms with Crippen LogP contribution in [0.1, 0.15) is 11.1 Å². The van der Waals surface area contributed by atoms with Crippen LogP contribution in [0.3, 0.4) is 0 Å². The molecule has 6 heteroatoms. The first-order valence-electron chi connectivity index (χ1n) is 9.71. The number of benzene rings is 3. The first-order valence-corrected chi connectivity index (χ1v) is 11.2. The van der Waals surface area contributed by atoms with E-state index in [1.807, 2.05) is 61.5 Å². The molecule has 1 amide bonds. The summed E-state index contributed by atoms with van der Waals surface area (Å²) >= 11 is 0. The third-order valence-corrected chi connectivity index (χ3v) is 6.36. The van der Waals surface area contributed by atoms with Crippen molar-refractivity contribution in [3.63, 3.8) is 0 Å². The molecule has 0 aromatic heterocycles. The molecule has 30 heavy (non-hydrogen) atoms. The highest BCUT2D eigenvalue weighted by atomic mass is 32.2. The molecule has 1 unspecified atom stereocenters. The van der Waals surface area contributed by atoms with Crippen LogP contribution in [0.4, 0.5) is 0 Å². The van der Waals surface area contributed by atoms with E-state index in [4.69, 9.17) is 0 Å². The molecule has 0 aliphatic rings. The maximum Gasteiger partial charge on any atom is 0.241 e. The molecular formula is C24H26N2O3S. The fourth-order valence-electron chi connectivity index (χ4n) is 3.16. The third kappa shape index (κ3) is 5.34. The molecule has 3 aromatic rings. The van der Waals surface area contributed by atoms with Crippen LogP contribution in [-0.2, 0) is 21.2 Å². The van der Waals surface area contributed by atoms with Crippen LogP contribution >= 0.6 is 0 Å². The van der Waals surface area contributed by atoms with Crippen LogP contribution in [0.25, 0.3) is 11.1 Å². The Bertz CT molecular complexity index is 1090. The number of hydrogen-bond donors (Lipinski definition) is 1. The van der Waals surface area contributed by atoms with Gasteiger partial charge in [-0.25, -0.2) is 8.42 Å². The lowest BCUT2D eigenvalue weighted by Gasteiger charge is -2.22. The Kier molecular flexibility index (Phi) is 6.70. The van der Waals surface area contributed by atoms with E-state index in [1.54, 1.807) is 38.4 Å². The van der Waals surface area contributed by atoms with Gasteiger partial charge < -0.3 is 4.90 Å². The van der Waals surface area contributed by atoms with Gasteiger partial charge in [-0.1, -0.05) is 72.3 Å². The summed E-state index contributed by atoms with van der Waals surface area (Å²) in [5.41, 5.74) is 4.01. The molecule has 3 rings (SSSR count). The monoisotopic (exact) mass is 422 g/mol. The molecule has 0 radical (unpaired) electrons. The van der Waals surface area contributed by atoms with E-state index in [0.717, 1.165) is 22.3 Å². The van der Waals surface area contributed by atoms with Crippen molar-refractivity contribution >= 4 is 15.9 Å². The summed E-state index contributed by atoms with van der Waals surface area (Å²) in [6.45, 7) is 1.89. The van der Waals surface area contributed by atoms with Crippen LogP contribution in [0.2, 0.25) is 0 Å². The molecule has 1 N–H and O–H groups in total. The Hall–Kier alpha value is -2.96. The van der Waals surface area contributed by atoms with Gasteiger partial charge in [0.05, 0.1) is 4.90 Å². The largest absolute Gasteiger partial charge is 0.347 e. The van der Waals surface area contributed by atoms with Gasteiger partial charge in [-0.3, -0.25) is 4.79 Å². The summed E-state index contributed by atoms with van der Waals surface area (Å²) in [6, 6.07) is 23.5. The van der Waals surface area contributed by atoms with Crippen molar-refractivity contribution in [3.8, 4) is 11.1 Å². The normalized spacial score (nSPS) is 12.4. The molecule has 0 saturated carbocycles. The van der Waals surface area contributed by atoms with Crippen molar-refractivity contribution in [1.29, 1.82) is 0 Å². The highest BCUT2D eigenvalue weighted by molar-refractivity contribution is 7.89. The van der Waals surface area contributed by atoms with Crippen molar-refractivity contribution in [1.82, 2.24) is 9.62 Å². The molecular weight excluding hydrogens is 396 g/mol. The van der Waals surface area contributed by atoms with Gasteiger partial charge in [-0.2, -0.15) is 4.72 Å². The van der Waals surface area contributed by atoms with E-state index in [-0.39, 0.29) is 17.2 Å². The molecule has 0 heterocycles. The number of hydrogen-bond acceptors (Lipinski definition) is 3. The minimum absolute atomic E-state index is 0.143. The molecule has 0 aliphatic carbocycles. The maximum atomic E-state index is 12.8. The van der Waals surface area contributed by atoms with Gasteiger partial charge in [0.1, 0.15) is 6.04 Å². The van der Waals surface area contributed by atoms with Gasteiger partial charge >= 0.3 is 0 Å². The first kappa shape index (κ1) is 21.7. The first-order chi connectivity index (χ1) is 14.3. The highest BCUT2D eigenvalue weighted by Gasteiger charge is 2.27. The van der Waals surface area contributed by atoms with Crippen LogP contribution in [0.15, 0.2) is 83.8 Å². The Morgan fingerprint density at radius 1 is 0.867 bits per heavy atom. The van der Waals surface area contributed by atoms with Gasteiger partial charge in [0, 0.05) is 14.1 Å². The van der Waals surface area contributed by atoms with Gasteiger partial charge in [-0.05, 0) is 42.2 Å². The van der Waals surface area contributed by atoms with Gasteiger partial charge in [0.15, 0.2) is 0 Å². The SMILES string of the molecule is Cc1ccc(S(=O)(=O)NC(Cc2ccc(-c3ccccc3)cc2)C(=O)N(C)C)cc1. The summed E-state index contributed by atoms with van der Waals surface area (Å²) in [7, 11) is -0.585. The Morgan fingerprint density at radius 3 is 2.00 bits per heavy atom. The summed E-state index contributed by atoms with van der Waals surface area (Å²) in [6.07, 6.45) is 0.261. The molecule has 0 fully saturated rings.